The lowest BCUT2D eigenvalue weighted by atomic mass is 9.89. The molecule has 8 heteroatoms. The van der Waals surface area contributed by atoms with Gasteiger partial charge in [0.05, 0.1) is 37.1 Å². The number of ether oxygens (including phenoxy) is 4. The minimum absolute atomic E-state index is 0.0245. The molecule has 9 atom stereocenters. The number of aliphatic hydroxyl groups is 3. The molecule has 0 aliphatic carbocycles. The van der Waals surface area contributed by atoms with Gasteiger partial charge in [-0.15, -0.1) is 0 Å². The number of aliphatic hydroxyl groups excluding tert-OH is 3. The van der Waals surface area contributed by atoms with Crippen molar-refractivity contribution < 1.29 is 39.1 Å². The van der Waals surface area contributed by atoms with Crippen LogP contribution >= 0.6 is 0 Å². The Balaban J connectivity index is 1.78. The van der Waals surface area contributed by atoms with E-state index in [1.165, 1.54) is 18.8 Å². The van der Waals surface area contributed by atoms with Crippen LogP contribution in [0.5, 0.6) is 0 Å². The highest BCUT2D eigenvalue weighted by molar-refractivity contribution is 5.82. The zero-order chi connectivity index (χ0) is 28.4. The van der Waals surface area contributed by atoms with Crippen LogP contribution in [0.2, 0.25) is 0 Å². The summed E-state index contributed by atoms with van der Waals surface area (Å²) in [6, 6.07) is 0. The number of methoxy groups -OCH3 is 1. The number of carbonyl (C=O) groups excluding carboxylic acids is 1. The van der Waals surface area contributed by atoms with E-state index in [2.05, 4.69) is 19.6 Å². The van der Waals surface area contributed by atoms with E-state index in [0.29, 0.717) is 31.8 Å². The van der Waals surface area contributed by atoms with Crippen molar-refractivity contribution in [1.29, 1.82) is 0 Å². The molecule has 218 valence electrons. The second-order valence-corrected chi connectivity index (χ2v) is 11.1. The molecule has 0 spiro atoms. The third-order valence-corrected chi connectivity index (χ3v) is 7.52. The van der Waals surface area contributed by atoms with Gasteiger partial charge in [0.25, 0.3) is 0 Å². The van der Waals surface area contributed by atoms with Crippen LogP contribution in [0.15, 0.2) is 60.3 Å². The van der Waals surface area contributed by atoms with E-state index in [4.69, 9.17) is 18.9 Å². The van der Waals surface area contributed by atoms with Crippen molar-refractivity contribution in [2.75, 3.05) is 13.7 Å². The van der Waals surface area contributed by atoms with Crippen molar-refractivity contribution in [3.05, 3.63) is 60.3 Å². The van der Waals surface area contributed by atoms with Crippen molar-refractivity contribution >= 4 is 5.97 Å². The van der Waals surface area contributed by atoms with Gasteiger partial charge in [-0.05, 0) is 51.4 Å². The zero-order valence-electron chi connectivity index (χ0n) is 23.5. The minimum Gasteiger partial charge on any atom is -0.456 e. The summed E-state index contributed by atoms with van der Waals surface area (Å²) in [5.41, 5.74) is 2.03. The first-order chi connectivity index (χ1) is 18.6. The molecule has 2 bridgehead atoms. The minimum atomic E-state index is -1.27. The van der Waals surface area contributed by atoms with Gasteiger partial charge in [-0.2, -0.15) is 0 Å². The van der Waals surface area contributed by atoms with Gasteiger partial charge in [-0.3, -0.25) is 0 Å². The molecule has 0 aromatic rings. The zero-order valence-corrected chi connectivity index (χ0v) is 23.5. The first kappa shape index (κ1) is 31.5. The second-order valence-electron chi connectivity index (χ2n) is 11.1. The van der Waals surface area contributed by atoms with E-state index in [9.17, 15) is 20.1 Å². The van der Waals surface area contributed by atoms with Crippen molar-refractivity contribution in [1.82, 2.24) is 0 Å². The van der Waals surface area contributed by atoms with Gasteiger partial charge in [0.2, 0.25) is 0 Å². The predicted molar refractivity (Wildman–Crippen MR) is 149 cm³/mol. The Labute approximate surface area is 232 Å². The predicted octanol–water partition coefficient (Wildman–Crippen LogP) is 3.71. The number of hydrogen-bond donors (Lipinski definition) is 3. The molecule has 3 N–H and O–H groups in total. The first-order valence-corrected chi connectivity index (χ1v) is 14.0. The number of cyclic esters (lactones) is 1. The SMILES string of the molecule is C=C1CC(C)CC2CC=CC(C/C=C\C(=O)OC(C(O)C=CC3CC(C)=CCO3)CC(OC)C(O)C(O)C1)O2. The summed E-state index contributed by atoms with van der Waals surface area (Å²) in [7, 11) is 1.42. The van der Waals surface area contributed by atoms with Gasteiger partial charge in [0.1, 0.15) is 18.3 Å². The molecule has 0 aromatic carbocycles. The quantitative estimate of drug-likeness (QED) is 0.361. The molecule has 0 saturated carbocycles. The maximum atomic E-state index is 12.7. The van der Waals surface area contributed by atoms with Crippen molar-refractivity contribution in [3.63, 3.8) is 0 Å². The molecule has 3 aliphatic rings. The topological polar surface area (TPSA) is 115 Å². The van der Waals surface area contributed by atoms with E-state index in [0.717, 1.165) is 18.4 Å². The molecular weight excluding hydrogens is 500 g/mol. The fraction of sp³-hybridized carbons (Fsp3) is 0.645. The Hall–Kier alpha value is -2.07. The van der Waals surface area contributed by atoms with E-state index < -0.39 is 36.5 Å². The average molecular weight is 547 g/mol. The molecule has 39 heavy (non-hydrogen) atoms. The van der Waals surface area contributed by atoms with Gasteiger partial charge in [0.15, 0.2) is 0 Å². The second kappa shape index (κ2) is 15.6. The van der Waals surface area contributed by atoms with Crippen LogP contribution in [0.25, 0.3) is 0 Å². The molecule has 0 aromatic heterocycles. The van der Waals surface area contributed by atoms with Crippen LogP contribution in [0.1, 0.15) is 58.8 Å². The third kappa shape index (κ3) is 10.4. The number of carbonyl (C=O) groups is 1. The van der Waals surface area contributed by atoms with Crippen LogP contribution in [-0.2, 0) is 23.7 Å². The fourth-order valence-corrected chi connectivity index (χ4v) is 5.40. The van der Waals surface area contributed by atoms with Crippen LogP contribution in [-0.4, -0.2) is 83.8 Å². The summed E-state index contributed by atoms with van der Waals surface area (Å²) in [6.07, 6.45) is 10.6. The van der Waals surface area contributed by atoms with Gasteiger partial charge < -0.3 is 34.3 Å². The average Bonchev–Trinajstić information content (AvgIpc) is 2.88. The highest BCUT2D eigenvalue weighted by Crippen LogP contribution is 2.27. The van der Waals surface area contributed by atoms with Crippen LogP contribution in [0.3, 0.4) is 0 Å². The molecule has 9 unspecified atom stereocenters. The maximum absolute atomic E-state index is 12.7. The summed E-state index contributed by atoms with van der Waals surface area (Å²) in [6.45, 7) is 8.79. The fourth-order valence-electron chi connectivity index (χ4n) is 5.40. The van der Waals surface area contributed by atoms with E-state index in [-0.39, 0.29) is 31.2 Å². The number of rotatable bonds is 4. The van der Waals surface area contributed by atoms with Crippen molar-refractivity contribution in [3.8, 4) is 0 Å². The number of hydrogen-bond acceptors (Lipinski definition) is 8. The molecule has 8 nitrogen and oxygen atoms in total. The summed E-state index contributed by atoms with van der Waals surface area (Å²) < 4.78 is 23.0. The van der Waals surface area contributed by atoms with Crippen molar-refractivity contribution in [2.24, 2.45) is 5.92 Å². The standard InChI is InChI=1S/C31H46O8/c1-20-13-14-37-24(16-20)11-12-26(32)28-19-29(36-4)31(35)27(33)18-22(3)15-21(2)17-25-9-5-7-23(38-25)8-6-10-30(34)39-28/h5-7,10-13,21,23-29,31-33,35H,3,8-9,14-19H2,1-2,4H3/b10-6-,12-11?. The summed E-state index contributed by atoms with van der Waals surface area (Å²) in [4.78, 5) is 12.7. The molecule has 3 aliphatic heterocycles. The summed E-state index contributed by atoms with van der Waals surface area (Å²) >= 11 is 0. The van der Waals surface area contributed by atoms with Crippen molar-refractivity contribution in [2.45, 2.75) is 108 Å². The lowest BCUT2D eigenvalue weighted by molar-refractivity contribution is -0.153. The van der Waals surface area contributed by atoms with Gasteiger partial charge >= 0.3 is 5.97 Å². The van der Waals surface area contributed by atoms with Crippen LogP contribution in [0, 0.1) is 5.92 Å². The maximum Gasteiger partial charge on any atom is 0.330 e. The molecule has 0 fully saturated rings. The molecule has 0 amide bonds. The Morgan fingerprint density at radius 1 is 1.15 bits per heavy atom. The largest absolute Gasteiger partial charge is 0.456 e. The molecule has 3 heterocycles. The Morgan fingerprint density at radius 3 is 2.69 bits per heavy atom. The highest BCUT2D eigenvalue weighted by atomic mass is 16.6. The monoisotopic (exact) mass is 546 g/mol. The normalized spacial score (nSPS) is 37.4. The summed E-state index contributed by atoms with van der Waals surface area (Å²) in [5.74, 6) is -0.329. The molecule has 0 saturated heterocycles. The molecule has 0 radical (unpaired) electrons. The highest BCUT2D eigenvalue weighted by Gasteiger charge is 2.33. The van der Waals surface area contributed by atoms with Gasteiger partial charge in [-0.1, -0.05) is 61.1 Å². The first-order valence-electron chi connectivity index (χ1n) is 14.0. The van der Waals surface area contributed by atoms with Gasteiger partial charge in [0, 0.05) is 19.6 Å². The summed E-state index contributed by atoms with van der Waals surface area (Å²) in [5, 5.41) is 32.7. The molecule has 3 rings (SSSR count). The smallest absolute Gasteiger partial charge is 0.330 e. The Kier molecular flexibility index (Phi) is 12.6. The van der Waals surface area contributed by atoms with E-state index in [1.807, 2.05) is 19.1 Å². The molecular formula is C31H46O8. The Morgan fingerprint density at radius 2 is 1.95 bits per heavy atom. The number of esters is 1. The lowest BCUT2D eigenvalue weighted by Gasteiger charge is -2.31. The Bertz CT molecular complexity index is 922. The number of fused-ring (bicyclic) bond motifs is 2. The van der Waals surface area contributed by atoms with E-state index >= 15 is 0 Å². The van der Waals surface area contributed by atoms with Crippen LogP contribution in [0.4, 0.5) is 0 Å². The third-order valence-electron chi connectivity index (χ3n) is 7.52. The van der Waals surface area contributed by atoms with Crippen LogP contribution < -0.4 is 0 Å². The lowest BCUT2D eigenvalue weighted by Crippen LogP contribution is -2.43. The van der Waals surface area contributed by atoms with Gasteiger partial charge in [-0.25, -0.2) is 4.79 Å². The van der Waals surface area contributed by atoms with E-state index in [1.54, 1.807) is 18.2 Å².